The Hall–Kier alpha value is -1.84. The molecule has 0 aliphatic rings. The number of H-pyrrole nitrogens is 2. The van der Waals surface area contributed by atoms with Crippen molar-refractivity contribution >= 4 is 24.1 Å². The van der Waals surface area contributed by atoms with Gasteiger partial charge in [0.1, 0.15) is 6.04 Å². The van der Waals surface area contributed by atoms with Crippen molar-refractivity contribution in [3.63, 3.8) is 0 Å². The number of carbonyl (C=O) groups excluding carboxylic acids is 2. The number of halogens is 3. The van der Waals surface area contributed by atoms with Crippen molar-refractivity contribution in [3.05, 3.63) is 16.7 Å². The molecule has 0 spiro atoms. The number of amides is 1. The van der Waals surface area contributed by atoms with Gasteiger partial charge in [-0.05, 0) is 12.2 Å². The summed E-state index contributed by atoms with van der Waals surface area (Å²) in [6.07, 6.45) is -3.89. The van der Waals surface area contributed by atoms with Gasteiger partial charge in [-0.2, -0.15) is 13.2 Å². The van der Waals surface area contributed by atoms with Gasteiger partial charge in [-0.15, -0.1) is 0 Å². The van der Waals surface area contributed by atoms with Crippen molar-refractivity contribution in [3.8, 4) is 0 Å². The monoisotopic (exact) mass is 297 g/mol. The van der Waals surface area contributed by atoms with Gasteiger partial charge in [0, 0.05) is 18.3 Å². The van der Waals surface area contributed by atoms with Crippen molar-refractivity contribution in [1.29, 1.82) is 0 Å². The van der Waals surface area contributed by atoms with E-state index in [-0.39, 0.29) is 11.2 Å². The maximum Gasteiger partial charge on any atom is 0.471 e. The number of aromatic amines is 2. The number of aromatic nitrogens is 2. The van der Waals surface area contributed by atoms with Crippen LogP contribution >= 0.6 is 12.2 Å². The largest absolute Gasteiger partial charge is 0.471 e. The molecule has 0 fully saturated rings. The maximum absolute atomic E-state index is 12.1. The summed E-state index contributed by atoms with van der Waals surface area (Å²) in [4.78, 5) is 27.3. The van der Waals surface area contributed by atoms with Gasteiger partial charge in [-0.1, -0.05) is 0 Å². The highest BCUT2D eigenvalue weighted by atomic mass is 32.1. The first-order valence-electron chi connectivity index (χ1n) is 4.96. The van der Waals surface area contributed by atoms with E-state index >= 15 is 0 Å². The first-order valence-corrected chi connectivity index (χ1v) is 5.37. The van der Waals surface area contributed by atoms with Crippen molar-refractivity contribution < 1.29 is 27.5 Å². The number of ether oxygens (including phenoxy) is 1. The first kappa shape index (κ1) is 15.2. The van der Waals surface area contributed by atoms with Gasteiger partial charge in [0.25, 0.3) is 0 Å². The molecule has 3 N–H and O–H groups in total. The number of rotatable bonds is 4. The summed E-state index contributed by atoms with van der Waals surface area (Å²) in [5.74, 6) is -3.20. The zero-order chi connectivity index (χ0) is 14.6. The average Bonchev–Trinajstić information content (AvgIpc) is 2.71. The zero-order valence-electron chi connectivity index (χ0n) is 9.63. The third-order valence-electron chi connectivity index (χ3n) is 2.12. The Morgan fingerprint density at radius 1 is 1.53 bits per heavy atom. The van der Waals surface area contributed by atoms with Gasteiger partial charge in [-0.3, -0.25) is 4.79 Å². The van der Waals surface area contributed by atoms with E-state index in [1.54, 1.807) is 5.32 Å². The summed E-state index contributed by atoms with van der Waals surface area (Å²) in [5, 5.41) is 1.56. The molecule has 1 atom stereocenters. The Morgan fingerprint density at radius 3 is 2.58 bits per heavy atom. The van der Waals surface area contributed by atoms with E-state index in [1.165, 1.54) is 6.20 Å². The van der Waals surface area contributed by atoms with Gasteiger partial charge in [0.15, 0.2) is 4.77 Å². The van der Waals surface area contributed by atoms with Crippen molar-refractivity contribution in [2.24, 2.45) is 0 Å². The van der Waals surface area contributed by atoms with Gasteiger partial charge < -0.3 is 20.0 Å². The normalized spacial score (nSPS) is 12.8. The predicted molar refractivity (Wildman–Crippen MR) is 59.7 cm³/mol. The molecule has 1 unspecified atom stereocenters. The lowest BCUT2D eigenvalue weighted by atomic mass is 10.1. The second-order valence-corrected chi connectivity index (χ2v) is 3.93. The van der Waals surface area contributed by atoms with Crippen LogP contribution in [0.15, 0.2) is 6.20 Å². The van der Waals surface area contributed by atoms with Crippen LogP contribution in [0.2, 0.25) is 0 Å². The minimum absolute atomic E-state index is 0.207. The lowest BCUT2D eigenvalue weighted by molar-refractivity contribution is -0.175. The molecule has 0 radical (unpaired) electrons. The molecule has 0 saturated carbocycles. The molecule has 1 aromatic rings. The van der Waals surface area contributed by atoms with Crippen molar-refractivity contribution in [1.82, 2.24) is 15.3 Å². The molecule has 1 rings (SSSR count). The van der Waals surface area contributed by atoms with Crippen molar-refractivity contribution in [2.45, 2.75) is 18.6 Å². The molecule has 1 aromatic heterocycles. The Balaban J connectivity index is 2.81. The number of methoxy groups -OCH3 is 1. The number of hydrogen-bond acceptors (Lipinski definition) is 4. The van der Waals surface area contributed by atoms with Crippen LogP contribution in [0.25, 0.3) is 0 Å². The summed E-state index contributed by atoms with van der Waals surface area (Å²) in [6.45, 7) is 0. The molecule has 1 heterocycles. The summed E-state index contributed by atoms with van der Waals surface area (Å²) in [5.41, 5.74) is 0.364. The SMILES string of the molecule is COC(=O)C(Cc1c[nH]c(=S)[nH]1)NC(=O)C(F)(F)F. The second-order valence-electron chi connectivity index (χ2n) is 3.52. The highest BCUT2D eigenvalue weighted by Gasteiger charge is 2.41. The first-order chi connectivity index (χ1) is 8.74. The number of nitrogens with one attached hydrogen (secondary N) is 3. The van der Waals surface area contributed by atoms with Crippen LogP contribution in [0.4, 0.5) is 13.2 Å². The van der Waals surface area contributed by atoms with E-state index in [0.717, 1.165) is 7.11 Å². The van der Waals surface area contributed by atoms with Gasteiger partial charge in [0.05, 0.1) is 7.11 Å². The van der Waals surface area contributed by atoms with E-state index in [2.05, 4.69) is 14.7 Å². The minimum Gasteiger partial charge on any atom is -0.467 e. The Morgan fingerprint density at radius 2 is 2.16 bits per heavy atom. The maximum atomic E-state index is 12.1. The molecule has 0 bridgehead atoms. The Bertz CT molecular complexity index is 523. The Labute approximate surface area is 110 Å². The van der Waals surface area contributed by atoms with Gasteiger partial charge in [-0.25, -0.2) is 4.79 Å². The van der Waals surface area contributed by atoms with Crippen molar-refractivity contribution in [2.75, 3.05) is 7.11 Å². The van der Waals surface area contributed by atoms with Crippen LogP contribution < -0.4 is 5.32 Å². The molecule has 0 saturated heterocycles. The van der Waals surface area contributed by atoms with Gasteiger partial charge in [0.2, 0.25) is 0 Å². The molecule has 106 valence electrons. The lowest BCUT2D eigenvalue weighted by Gasteiger charge is -2.16. The topological polar surface area (TPSA) is 87.0 Å². The van der Waals surface area contributed by atoms with Crippen LogP contribution in [0.1, 0.15) is 5.69 Å². The highest BCUT2D eigenvalue weighted by molar-refractivity contribution is 7.71. The summed E-state index contributed by atoms with van der Waals surface area (Å²) >= 11 is 4.73. The molecule has 6 nitrogen and oxygen atoms in total. The number of carbonyl (C=O) groups is 2. The zero-order valence-corrected chi connectivity index (χ0v) is 10.4. The molecule has 19 heavy (non-hydrogen) atoms. The van der Waals surface area contributed by atoms with Crippen LogP contribution in [-0.4, -0.2) is 41.2 Å². The molecule has 1 amide bonds. The van der Waals surface area contributed by atoms with E-state index in [9.17, 15) is 22.8 Å². The fraction of sp³-hybridized carbons (Fsp3) is 0.444. The van der Waals surface area contributed by atoms with Crippen LogP contribution in [0, 0.1) is 4.77 Å². The Kier molecular flexibility index (Phi) is 4.70. The van der Waals surface area contributed by atoms with E-state index in [4.69, 9.17) is 12.2 Å². The summed E-state index contributed by atoms with van der Waals surface area (Å²) in [7, 11) is 1.01. The average molecular weight is 297 g/mol. The third kappa shape index (κ3) is 4.39. The van der Waals surface area contributed by atoms with Crippen LogP contribution in [0.3, 0.4) is 0 Å². The molecule has 10 heteroatoms. The fourth-order valence-corrected chi connectivity index (χ4v) is 1.47. The summed E-state index contributed by atoms with van der Waals surface area (Å²) in [6, 6.07) is -1.46. The summed E-state index contributed by atoms with van der Waals surface area (Å²) < 4.78 is 41.0. The number of imidazole rings is 1. The predicted octanol–water partition coefficient (Wildman–Crippen LogP) is 0.835. The molecular weight excluding hydrogens is 287 g/mol. The highest BCUT2D eigenvalue weighted by Crippen LogP contribution is 2.15. The van der Waals surface area contributed by atoms with E-state index < -0.39 is 24.1 Å². The molecular formula is C9H10F3N3O3S. The number of hydrogen-bond donors (Lipinski definition) is 3. The van der Waals surface area contributed by atoms with Crippen LogP contribution in [0.5, 0.6) is 0 Å². The van der Waals surface area contributed by atoms with Gasteiger partial charge >= 0.3 is 18.1 Å². The van der Waals surface area contributed by atoms with Crippen LogP contribution in [-0.2, 0) is 20.7 Å². The third-order valence-corrected chi connectivity index (χ3v) is 2.34. The van der Waals surface area contributed by atoms with E-state index in [1.807, 2.05) is 0 Å². The quantitative estimate of drug-likeness (QED) is 0.567. The van der Waals surface area contributed by atoms with E-state index in [0.29, 0.717) is 5.69 Å². The minimum atomic E-state index is -5.07. The fourth-order valence-electron chi connectivity index (χ4n) is 1.28. The second kappa shape index (κ2) is 5.87. The number of esters is 1. The lowest BCUT2D eigenvalue weighted by Crippen LogP contribution is -2.48. The standard InChI is InChI=1S/C9H10F3N3O3S/c1-18-6(16)5(15-7(17)9(10,11)12)2-4-3-13-8(19)14-4/h3,5H,2H2,1H3,(H,15,17)(H2,13,14,19). The number of alkyl halides is 3. The molecule has 0 aromatic carbocycles. The smallest absolute Gasteiger partial charge is 0.467 e. The molecule has 0 aliphatic heterocycles. The molecule has 0 aliphatic carbocycles.